The first-order valence-corrected chi connectivity index (χ1v) is 14.9. The highest BCUT2D eigenvalue weighted by atomic mass is 28.4. The topological polar surface area (TPSA) is 66.4 Å². The van der Waals surface area contributed by atoms with Gasteiger partial charge in [-0.25, -0.2) is 0 Å². The van der Waals surface area contributed by atoms with Crippen LogP contribution in [0.25, 0.3) is 0 Å². The van der Waals surface area contributed by atoms with Crippen molar-refractivity contribution < 1.29 is 28.5 Å². The molecule has 2 aromatic carbocycles. The van der Waals surface area contributed by atoms with Crippen molar-refractivity contribution in [1.82, 2.24) is 0 Å². The summed E-state index contributed by atoms with van der Waals surface area (Å²) in [5, 5.41) is 11.3. The molecule has 2 unspecified atom stereocenters. The van der Waals surface area contributed by atoms with E-state index in [0.29, 0.717) is 26.4 Å². The third-order valence-corrected chi connectivity index (χ3v) is 11.4. The predicted molar refractivity (Wildman–Crippen MR) is 135 cm³/mol. The van der Waals surface area contributed by atoms with E-state index in [1.54, 1.807) is 7.11 Å². The molecular formula is C27H40O6Si. The van der Waals surface area contributed by atoms with Crippen LogP contribution in [0.4, 0.5) is 0 Å². The summed E-state index contributed by atoms with van der Waals surface area (Å²) < 4.78 is 30.0. The normalized spacial score (nSPS) is 23.6. The Kier molecular flexibility index (Phi) is 9.32. The summed E-state index contributed by atoms with van der Waals surface area (Å²) in [7, 11) is -0.324. The van der Waals surface area contributed by atoms with Crippen molar-refractivity contribution >= 4 is 8.32 Å². The Bertz CT molecular complexity index is 865. The van der Waals surface area contributed by atoms with Crippen LogP contribution in [-0.2, 0) is 31.9 Å². The molecule has 0 spiro atoms. The minimum Gasteiger partial charge on any atom is -0.497 e. The number of aliphatic hydroxyl groups is 1. The number of hydrogen-bond donors (Lipinski definition) is 1. The highest BCUT2D eigenvalue weighted by Crippen LogP contribution is 2.37. The van der Waals surface area contributed by atoms with E-state index in [2.05, 4.69) is 33.9 Å². The molecule has 1 aliphatic heterocycles. The van der Waals surface area contributed by atoms with Crippen LogP contribution in [0.15, 0.2) is 54.6 Å². The van der Waals surface area contributed by atoms with Gasteiger partial charge in [0.25, 0.3) is 0 Å². The lowest BCUT2D eigenvalue weighted by molar-refractivity contribution is -0.227. The summed E-state index contributed by atoms with van der Waals surface area (Å²) >= 11 is 0. The van der Waals surface area contributed by atoms with Crippen LogP contribution in [0.3, 0.4) is 0 Å². The molecular weight excluding hydrogens is 448 g/mol. The Hall–Kier alpha value is -1.74. The highest BCUT2D eigenvalue weighted by molar-refractivity contribution is 6.74. The number of methoxy groups -OCH3 is 1. The molecule has 3 rings (SSSR count). The monoisotopic (exact) mass is 488 g/mol. The van der Waals surface area contributed by atoms with Gasteiger partial charge in [-0.1, -0.05) is 63.2 Å². The molecule has 0 amide bonds. The Morgan fingerprint density at radius 1 is 0.941 bits per heavy atom. The van der Waals surface area contributed by atoms with Crippen LogP contribution in [-0.4, -0.2) is 58.2 Å². The Labute approximate surface area is 205 Å². The molecule has 1 aliphatic rings. The van der Waals surface area contributed by atoms with Crippen LogP contribution in [0.2, 0.25) is 18.1 Å². The fourth-order valence-electron chi connectivity index (χ4n) is 3.54. The van der Waals surface area contributed by atoms with E-state index in [9.17, 15) is 5.11 Å². The zero-order valence-electron chi connectivity index (χ0n) is 21.3. The molecule has 0 saturated carbocycles. The third kappa shape index (κ3) is 7.13. The van der Waals surface area contributed by atoms with Gasteiger partial charge in [0.1, 0.15) is 30.2 Å². The number of aliphatic hydroxyl groups excluding tert-OH is 1. The fraction of sp³-hybridized carbons (Fsp3) is 0.556. The van der Waals surface area contributed by atoms with Gasteiger partial charge in [0.2, 0.25) is 0 Å². The highest BCUT2D eigenvalue weighted by Gasteiger charge is 2.43. The summed E-state index contributed by atoms with van der Waals surface area (Å²) in [6.07, 6.45) is -2.25. The SMILES string of the molecule is COc1ccc(COC2COC(CO[Si](C)(C)C(C)(C)C)[C@H](O)[C@@H]2OCc2ccccc2)cc1. The van der Waals surface area contributed by atoms with E-state index in [1.165, 1.54) is 0 Å². The largest absolute Gasteiger partial charge is 0.497 e. The maximum absolute atomic E-state index is 11.2. The maximum Gasteiger partial charge on any atom is 0.192 e. The quantitative estimate of drug-likeness (QED) is 0.478. The van der Waals surface area contributed by atoms with E-state index < -0.39 is 32.7 Å². The molecule has 0 bridgehead atoms. The molecule has 188 valence electrons. The molecule has 6 nitrogen and oxygen atoms in total. The first-order chi connectivity index (χ1) is 16.1. The Morgan fingerprint density at radius 2 is 1.56 bits per heavy atom. The average molecular weight is 489 g/mol. The van der Waals surface area contributed by atoms with Crippen molar-refractivity contribution in [2.24, 2.45) is 0 Å². The molecule has 0 aromatic heterocycles. The van der Waals surface area contributed by atoms with Crippen molar-refractivity contribution in [1.29, 1.82) is 0 Å². The van der Waals surface area contributed by atoms with Crippen LogP contribution in [0.1, 0.15) is 31.9 Å². The Morgan fingerprint density at radius 3 is 2.18 bits per heavy atom. The van der Waals surface area contributed by atoms with Gasteiger partial charge in [0, 0.05) is 0 Å². The zero-order chi connectivity index (χ0) is 24.8. The van der Waals surface area contributed by atoms with Gasteiger partial charge < -0.3 is 28.5 Å². The maximum atomic E-state index is 11.2. The minimum absolute atomic E-state index is 0.0832. The van der Waals surface area contributed by atoms with Crippen molar-refractivity contribution in [2.75, 3.05) is 20.3 Å². The molecule has 34 heavy (non-hydrogen) atoms. The second-order valence-electron chi connectivity index (χ2n) is 10.4. The second-order valence-corrected chi connectivity index (χ2v) is 15.2. The van der Waals surface area contributed by atoms with E-state index in [0.717, 1.165) is 16.9 Å². The molecule has 1 saturated heterocycles. The van der Waals surface area contributed by atoms with Crippen molar-refractivity contribution in [3.05, 3.63) is 65.7 Å². The summed E-state index contributed by atoms with van der Waals surface area (Å²) in [6.45, 7) is 12.5. The molecule has 7 heteroatoms. The van der Waals surface area contributed by atoms with Crippen LogP contribution >= 0.6 is 0 Å². The molecule has 2 aromatic rings. The van der Waals surface area contributed by atoms with Crippen molar-refractivity contribution in [3.8, 4) is 5.75 Å². The number of benzene rings is 2. The second kappa shape index (κ2) is 11.8. The van der Waals surface area contributed by atoms with E-state index in [-0.39, 0.29) is 5.04 Å². The zero-order valence-corrected chi connectivity index (χ0v) is 22.3. The van der Waals surface area contributed by atoms with E-state index >= 15 is 0 Å². The predicted octanol–water partition coefficient (Wildman–Crippen LogP) is 4.95. The van der Waals surface area contributed by atoms with Gasteiger partial charge in [0.05, 0.1) is 33.5 Å². The van der Waals surface area contributed by atoms with Gasteiger partial charge >= 0.3 is 0 Å². The van der Waals surface area contributed by atoms with Crippen molar-refractivity contribution in [3.63, 3.8) is 0 Å². The fourth-order valence-corrected chi connectivity index (χ4v) is 4.55. The van der Waals surface area contributed by atoms with Gasteiger partial charge in [-0.2, -0.15) is 0 Å². The Balaban J connectivity index is 1.66. The van der Waals surface area contributed by atoms with E-state index in [4.69, 9.17) is 23.4 Å². The summed E-state index contributed by atoms with van der Waals surface area (Å²) in [6, 6.07) is 17.7. The summed E-state index contributed by atoms with van der Waals surface area (Å²) in [4.78, 5) is 0. The first kappa shape index (κ1) is 26.9. The lowest BCUT2D eigenvalue weighted by Gasteiger charge is -2.42. The number of ether oxygens (including phenoxy) is 4. The molecule has 0 radical (unpaired) electrons. The van der Waals surface area contributed by atoms with E-state index in [1.807, 2.05) is 54.6 Å². The lowest BCUT2D eigenvalue weighted by atomic mass is 10.00. The summed E-state index contributed by atoms with van der Waals surface area (Å²) in [5.74, 6) is 0.800. The molecule has 1 heterocycles. The third-order valence-electron chi connectivity index (χ3n) is 6.88. The molecule has 1 N–H and O–H groups in total. The van der Waals surface area contributed by atoms with Gasteiger partial charge in [-0.05, 0) is 41.4 Å². The molecule has 1 fully saturated rings. The number of rotatable bonds is 10. The van der Waals surface area contributed by atoms with Crippen LogP contribution in [0.5, 0.6) is 5.75 Å². The molecule has 4 atom stereocenters. The standard InChI is InChI=1S/C27H40O6Si/c1-27(2,3)34(5,6)33-19-23-25(28)26(32-17-20-10-8-7-9-11-20)24(18-31-23)30-16-21-12-14-22(29-4)15-13-21/h7-15,23-26,28H,16-19H2,1-6H3/t23?,24?,25-,26+/m0/s1. The summed E-state index contributed by atoms with van der Waals surface area (Å²) in [5.41, 5.74) is 2.06. The number of hydrogen-bond acceptors (Lipinski definition) is 6. The minimum atomic E-state index is -1.97. The average Bonchev–Trinajstić information content (AvgIpc) is 2.81. The lowest BCUT2D eigenvalue weighted by Crippen LogP contribution is -2.57. The van der Waals surface area contributed by atoms with Crippen molar-refractivity contribution in [2.45, 2.75) is 76.5 Å². The first-order valence-electron chi connectivity index (χ1n) is 11.9. The molecule has 0 aliphatic carbocycles. The van der Waals surface area contributed by atoms with Crippen LogP contribution in [0, 0.1) is 0 Å². The smallest absolute Gasteiger partial charge is 0.192 e. The van der Waals surface area contributed by atoms with Gasteiger partial charge in [-0.15, -0.1) is 0 Å². The van der Waals surface area contributed by atoms with Gasteiger partial charge in [-0.3, -0.25) is 0 Å². The van der Waals surface area contributed by atoms with Crippen LogP contribution < -0.4 is 4.74 Å². The van der Waals surface area contributed by atoms with Gasteiger partial charge in [0.15, 0.2) is 8.32 Å².